The van der Waals surface area contributed by atoms with Gasteiger partial charge in [-0.25, -0.2) is 19.0 Å². The van der Waals surface area contributed by atoms with E-state index >= 15 is 4.39 Å². The molecule has 5 rings (SSSR count). The summed E-state index contributed by atoms with van der Waals surface area (Å²) in [6.45, 7) is 5.66. The highest BCUT2D eigenvalue weighted by Crippen LogP contribution is 2.35. The topological polar surface area (TPSA) is 144 Å². The maximum Gasteiger partial charge on any atom is 0.264 e. The van der Waals surface area contributed by atoms with E-state index in [1.54, 1.807) is 47.0 Å². The van der Waals surface area contributed by atoms with Gasteiger partial charge in [0.2, 0.25) is 0 Å². The van der Waals surface area contributed by atoms with Crippen molar-refractivity contribution < 1.29 is 18.7 Å². The van der Waals surface area contributed by atoms with Crippen LogP contribution >= 0.6 is 0 Å². The second-order valence-corrected chi connectivity index (χ2v) is 11.2. The van der Waals surface area contributed by atoms with Crippen LogP contribution < -0.4 is 15.8 Å². The number of nitrogen functional groups attached to an aromatic ring is 1. The molecule has 4 aromatic rings. The smallest absolute Gasteiger partial charge is 0.264 e. The largest absolute Gasteiger partial charge is 0.457 e. The first-order chi connectivity index (χ1) is 21.2. The average Bonchev–Trinajstić information content (AvgIpc) is 3.62. The van der Waals surface area contributed by atoms with Crippen LogP contribution in [0.3, 0.4) is 0 Å². The fourth-order valence-corrected chi connectivity index (χ4v) is 5.40. The molecule has 0 bridgehead atoms. The van der Waals surface area contributed by atoms with E-state index in [9.17, 15) is 10.1 Å². The monoisotopic (exact) mass is 598 g/mol. The normalized spacial score (nSPS) is 15.5. The maximum absolute atomic E-state index is 15.5. The number of hydrogen-bond donors (Lipinski definition) is 2. The number of fused-ring (bicyclic) bond motifs is 1. The Morgan fingerprint density at radius 3 is 2.75 bits per heavy atom. The molecule has 1 aliphatic rings. The van der Waals surface area contributed by atoms with Gasteiger partial charge in [-0.2, -0.15) is 10.4 Å². The number of amides is 1. The van der Waals surface area contributed by atoms with Crippen LogP contribution in [0, 0.1) is 17.1 Å². The second kappa shape index (κ2) is 13.2. The van der Waals surface area contributed by atoms with Crippen molar-refractivity contribution in [1.29, 1.82) is 5.26 Å². The number of nitrogens with zero attached hydrogens (tertiary/aromatic N) is 6. The zero-order valence-corrected chi connectivity index (χ0v) is 25.0. The van der Waals surface area contributed by atoms with Crippen molar-refractivity contribution in [2.45, 2.75) is 44.8 Å². The van der Waals surface area contributed by atoms with Gasteiger partial charge in [-0.05, 0) is 57.0 Å². The average molecular weight is 599 g/mol. The summed E-state index contributed by atoms with van der Waals surface area (Å²) < 4.78 is 28.0. The van der Waals surface area contributed by atoms with Crippen LogP contribution in [0.2, 0.25) is 0 Å². The Labute approximate surface area is 255 Å². The van der Waals surface area contributed by atoms with Gasteiger partial charge in [0.05, 0.1) is 24.6 Å². The van der Waals surface area contributed by atoms with Crippen molar-refractivity contribution >= 4 is 22.8 Å². The van der Waals surface area contributed by atoms with Crippen molar-refractivity contribution in [3.63, 3.8) is 0 Å². The SMILES string of the molecule is COCCNC(C)(C)/C=C(\C#N)C(=O)N1CCC[C@@H]1Cn1nc(-c2ccc(Oc3ccccc3)cc2F)c2c(N)ncnc21. The highest BCUT2D eigenvalue weighted by atomic mass is 19.1. The molecule has 0 spiro atoms. The molecule has 2 aromatic heterocycles. The van der Waals surface area contributed by atoms with Gasteiger partial charge in [-0.15, -0.1) is 0 Å². The molecule has 0 aliphatic carbocycles. The number of carbonyl (C=O) groups excluding carboxylic acids is 1. The van der Waals surface area contributed by atoms with Crippen LogP contribution in [-0.4, -0.2) is 68.9 Å². The zero-order chi connectivity index (χ0) is 31.3. The number of carbonyl (C=O) groups is 1. The van der Waals surface area contributed by atoms with Gasteiger partial charge >= 0.3 is 0 Å². The van der Waals surface area contributed by atoms with Crippen LogP contribution in [-0.2, 0) is 16.1 Å². The number of methoxy groups -OCH3 is 1. The highest BCUT2D eigenvalue weighted by Gasteiger charge is 2.33. The van der Waals surface area contributed by atoms with Gasteiger partial charge in [0.25, 0.3) is 5.91 Å². The Balaban J connectivity index is 1.42. The molecule has 3 heterocycles. The van der Waals surface area contributed by atoms with Crippen molar-refractivity contribution in [2.75, 3.05) is 32.5 Å². The third-order valence-electron chi connectivity index (χ3n) is 7.50. The summed E-state index contributed by atoms with van der Waals surface area (Å²) in [5.74, 6) is 0.198. The van der Waals surface area contributed by atoms with Crippen LogP contribution in [0.5, 0.6) is 11.5 Å². The van der Waals surface area contributed by atoms with Crippen molar-refractivity contribution in [1.82, 2.24) is 30.0 Å². The molecule has 3 N–H and O–H groups in total. The summed E-state index contributed by atoms with van der Waals surface area (Å²) in [6.07, 6.45) is 4.46. The summed E-state index contributed by atoms with van der Waals surface area (Å²) in [5, 5.41) is 18.3. The first kappa shape index (κ1) is 30.6. The molecule has 11 nitrogen and oxygen atoms in total. The van der Waals surface area contributed by atoms with E-state index in [2.05, 4.69) is 21.4 Å². The van der Waals surface area contributed by atoms with E-state index in [1.165, 1.54) is 12.4 Å². The molecule has 1 aliphatic heterocycles. The predicted molar refractivity (Wildman–Crippen MR) is 164 cm³/mol. The number of rotatable bonds is 11. The summed E-state index contributed by atoms with van der Waals surface area (Å²) in [6, 6.07) is 15.5. The number of hydrogen-bond acceptors (Lipinski definition) is 9. The number of aromatic nitrogens is 4. The molecule has 1 amide bonds. The quantitative estimate of drug-likeness (QED) is 0.145. The van der Waals surface area contributed by atoms with E-state index in [0.717, 1.165) is 6.42 Å². The Morgan fingerprint density at radius 1 is 1.23 bits per heavy atom. The van der Waals surface area contributed by atoms with Gasteiger partial charge < -0.3 is 25.4 Å². The number of nitrogens with one attached hydrogen (secondary N) is 1. The van der Waals surface area contributed by atoms with Crippen molar-refractivity contribution in [3.8, 4) is 28.8 Å². The van der Waals surface area contributed by atoms with Gasteiger partial charge in [0.15, 0.2) is 5.65 Å². The summed E-state index contributed by atoms with van der Waals surface area (Å²) in [4.78, 5) is 23.8. The zero-order valence-electron chi connectivity index (χ0n) is 25.0. The number of nitrogens with two attached hydrogens (primary N) is 1. The van der Waals surface area contributed by atoms with Crippen molar-refractivity contribution in [3.05, 3.63) is 72.3 Å². The Morgan fingerprint density at radius 2 is 2.02 bits per heavy atom. The predicted octanol–water partition coefficient (Wildman–Crippen LogP) is 4.46. The molecule has 2 aromatic carbocycles. The van der Waals surface area contributed by atoms with Crippen LogP contribution in [0.15, 0.2) is 66.5 Å². The number of para-hydroxylation sites is 1. The molecule has 1 saturated heterocycles. The highest BCUT2D eigenvalue weighted by molar-refractivity contribution is 5.99. The number of benzene rings is 2. The van der Waals surface area contributed by atoms with Gasteiger partial charge in [0, 0.05) is 37.4 Å². The van der Waals surface area contributed by atoms with Gasteiger partial charge in [-0.3, -0.25) is 4.79 Å². The Hall–Kier alpha value is -4.86. The lowest BCUT2D eigenvalue weighted by Gasteiger charge is -2.27. The fraction of sp³-hybridized carbons (Fsp3) is 0.344. The van der Waals surface area contributed by atoms with Crippen LogP contribution in [0.25, 0.3) is 22.3 Å². The number of ether oxygens (including phenoxy) is 2. The molecule has 0 radical (unpaired) electrons. The third kappa shape index (κ3) is 6.69. The molecule has 12 heteroatoms. The van der Waals surface area contributed by atoms with E-state index in [1.807, 2.05) is 32.0 Å². The molecular formula is C32H35FN8O3. The molecular weight excluding hydrogens is 563 g/mol. The first-order valence-corrected chi connectivity index (χ1v) is 14.4. The lowest BCUT2D eigenvalue weighted by molar-refractivity contribution is -0.127. The standard InChI is InChI=1S/C32H35FN8O3/c1-32(2,38-13-15-43-3)17-21(18-34)31(42)40-14-7-8-22(40)19-41-30-27(29(35)36-20-37-30)28(39-41)25-12-11-24(16-26(25)33)44-23-9-5-4-6-10-23/h4-6,9-12,16-17,20,22,38H,7-8,13-15,19H2,1-3H3,(H2,35,36,37)/b21-17+/t22-/m1/s1. The molecule has 44 heavy (non-hydrogen) atoms. The molecule has 228 valence electrons. The minimum absolute atomic E-state index is 0.0595. The number of likely N-dealkylation sites (tertiary alicyclic amines) is 1. The van der Waals surface area contributed by atoms with E-state index in [-0.39, 0.29) is 35.4 Å². The van der Waals surface area contributed by atoms with Gasteiger partial charge in [0.1, 0.15) is 46.8 Å². The summed E-state index contributed by atoms with van der Waals surface area (Å²) >= 11 is 0. The molecule has 0 unspecified atom stereocenters. The van der Waals surface area contributed by atoms with E-state index in [4.69, 9.17) is 20.3 Å². The lowest BCUT2D eigenvalue weighted by Crippen LogP contribution is -2.42. The minimum atomic E-state index is -0.595. The molecule has 1 atom stereocenters. The summed E-state index contributed by atoms with van der Waals surface area (Å²) in [5.41, 5.74) is 6.66. The lowest BCUT2D eigenvalue weighted by atomic mass is 10.0. The van der Waals surface area contributed by atoms with E-state index < -0.39 is 11.4 Å². The molecule has 1 fully saturated rings. The van der Waals surface area contributed by atoms with Gasteiger partial charge in [-0.1, -0.05) is 18.2 Å². The number of nitriles is 1. The van der Waals surface area contributed by atoms with Crippen LogP contribution in [0.1, 0.15) is 26.7 Å². The van der Waals surface area contributed by atoms with Crippen molar-refractivity contribution in [2.24, 2.45) is 0 Å². The second-order valence-electron chi connectivity index (χ2n) is 11.2. The number of halogens is 1. The summed E-state index contributed by atoms with van der Waals surface area (Å²) in [7, 11) is 1.61. The fourth-order valence-electron chi connectivity index (χ4n) is 5.40. The number of anilines is 1. The minimum Gasteiger partial charge on any atom is -0.457 e. The first-order valence-electron chi connectivity index (χ1n) is 14.4. The molecule has 0 saturated carbocycles. The Kier molecular flexibility index (Phi) is 9.18. The van der Waals surface area contributed by atoms with E-state index in [0.29, 0.717) is 54.3 Å². The third-order valence-corrected chi connectivity index (χ3v) is 7.50. The Bertz CT molecular complexity index is 1710. The van der Waals surface area contributed by atoms with Crippen LogP contribution in [0.4, 0.5) is 10.2 Å². The maximum atomic E-state index is 15.5.